The molecule has 3 rings (SSSR count). The fourth-order valence-electron chi connectivity index (χ4n) is 3.95. The summed E-state index contributed by atoms with van der Waals surface area (Å²) in [5.41, 5.74) is 0.791. The smallest absolute Gasteiger partial charge is 0.223 e. The van der Waals surface area contributed by atoms with Crippen molar-refractivity contribution in [3.63, 3.8) is 0 Å². The van der Waals surface area contributed by atoms with Crippen LogP contribution < -0.4 is 30.2 Å². The van der Waals surface area contributed by atoms with Gasteiger partial charge in [-0.2, -0.15) is 0 Å². The Morgan fingerprint density at radius 1 is 1.14 bits per heavy atom. The molecule has 1 aromatic heterocycles. The van der Waals surface area contributed by atoms with Gasteiger partial charge in [0.2, 0.25) is 5.91 Å². The third-order valence-corrected chi connectivity index (χ3v) is 7.03. The van der Waals surface area contributed by atoms with E-state index in [1.54, 1.807) is 31.8 Å². The van der Waals surface area contributed by atoms with Gasteiger partial charge in [0, 0.05) is 47.9 Å². The molecule has 1 fully saturated rings. The lowest BCUT2D eigenvalue weighted by atomic mass is 10.1. The second kappa shape index (κ2) is 16.1. The van der Waals surface area contributed by atoms with E-state index in [0.29, 0.717) is 42.6 Å². The maximum Gasteiger partial charge on any atom is 0.223 e. The highest BCUT2D eigenvalue weighted by atomic mass is 32.1. The summed E-state index contributed by atoms with van der Waals surface area (Å²) in [4.78, 5) is 15.9. The molecule has 0 spiro atoms. The molecule has 0 aliphatic carbocycles. The highest BCUT2D eigenvalue weighted by Crippen LogP contribution is 2.29. The Hall–Kier alpha value is -2.82. The number of hydrogen-bond donors (Lipinski definition) is 3. The number of nitrogens with one attached hydrogen (secondary N) is 3. The summed E-state index contributed by atoms with van der Waals surface area (Å²) in [5, 5.41) is 11.6. The summed E-state index contributed by atoms with van der Waals surface area (Å²) in [6, 6.07) is 7.62. The molecule has 202 valence electrons. The average Bonchev–Trinajstić information content (AvgIpc) is 3.36. The van der Waals surface area contributed by atoms with Crippen LogP contribution in [0.1, 0.15) is 43.4 Å². The van der Waals surface area contributed by atoms with Crippen molar-refractivity contribution in [3.8, 4) is 17.2 Å². The molecule has 2 aromatic rings. The van der Waals surface area contributed by atoms with Crippen molar-refractivity contribution < 1.29 is 19.0 Å². The van der Waals surface area contributed by atoms with Crippen molar-refractivity contribution >= 4 is 40.3 Å². The first-order valence-corrected chi connectivity index (χ1v) is 14.0. The van der Waals surface area contributed by atoms with Crippen LogP contribution >= 0.6 is 23.6 Å². The minimum Gasteiger partial charge on any atom is -0.493 e. The van der Waals surface area contributed by atoms with Crippen molar-refractivity contribution in [2.75, 3.05) is 45.8 Å². The highest BCUT2D eigenvalue weighted by molar-refractivity contribution is 7.80. The molecule has 8 nitrogen and oxygen atoms in total. The summed E-state index contributed by atoms with van der Waals surface area (Å²) in [7, 11) is 3.18. The zero-order valence-electron chi connectivity index (χ0n) is 21.7. The largest absolute Gasteiger partial charge is 0.493 e. The molecule has 1 amide bonds. The fourth-order valence-corrected chi connectivity index (χ4v) is 5.01. The fraction of sp³-hybridized carbons (Fsp3) is 0.481. The van der Waals surface area contributed by atoms with Gasteiger partial charge >= 0.3 is 0 Å². The number of amides is 1. The molecule has 1 aliphatic rings. The van der Waals surface area contributed by atoms with E-state index < -0.39 is 0 Å². The van der Waals surface area contributed by atoms with E-state index in [0.717, 1.165) is 24.4 Å². The van der Waals surface area contributed by atoms with E-state index >= 15 is 0 Å². The predicted octanol–water partition coefficient (Wildman–Crippen LogP) is 4.92. The number of likely N-dealkylation sites (tertiary alicyclic amines) is 1. The van der Waals surface area contributed by atoms with E-state index in [1.165, 1.54) is 37.2 Å². The van der Waals surface area contributed by atoms with Gasteiger partial charge in [-0.15, -0.1) is 11.3 Å². The van der Waals surface area contributed by atoms with Crippen LogP contribution in [0.2, 0.25) is 0 Å². The standard InChI is InChI=1S/C27H38N4O4S2/c1-33-24-11-10-21(17-25(24)34-2)30-27(36)29-13-8-9-26(32)28-12-4-7-16-35-22-18-23(37-20-22)19-31-14-5-3-6-15-31/h4,10-12,17-18,20H,3,5-9,13-16,19H2,1-2H3,(H,28,32)(H2,29,30,36)/b12-4-. The number of benzene rings is 1. The number of carbonyl (C=O) groups is 1. The lowest BCUT2D eigenvalue weighted by molar-refractivity contribution is -0.120. The maximum atomic E-state index is 12.0. The van der Waals surface area contributed by atoms with Gasteiger partial charge in [0.15, 0.2) is 16.6 Å². The highest BCUT2D eigenvalue weighted by Gasteiger charge is 2.12. The number of hydrogen-bond acceptors (Lipinski definition) is 7. The molecule has 10 heteroatoms. The summed E-state index contributed by atoms with van der Waals surface area (Å²) in [6.07, 6.45) is 9.38. The zero-order valence-corrected chi connectivity index (χ0v) is 23.3. The van der Waals surface area contributed by atoms with Crippen molar-refractivity contribution in [3.05, 3.63) is 46.8 Å². The number of methoxy groups -OCH3 is 2. The quantitative estimate of drug-likeness (QED) is 0.228. The normalized spacial score (nSPS) is 13.8. The van der Waals surface area contributed by atoms with E-state index in [-0.39, 0.29) is 5.91 Å². The molecular weight excluding hydrogens is 508 g/mol. The Balaban J connectivity index is 1.21. The monoisotopic (exact) mass is 546 g/mol. The van der Waals surface area contributed by atoms with Crippen LogP contribution in [0, 0.1) is 0 Å². The Morgan fingerprint density at radius 3 is 2.73 bits per heavy atom. The van der Waals surface area contributed by atoms with Crippen LogP contribution in [0.5, 0.6) is 17.2 Å². The summed E-state index contributed by atoms with van der Waals surface area (Å²) < 4.78 is 16.4. The number of nitrogens with zero attached hydrogens (tertiary/aromatic N) is 1. The lowest BCUT2D eigenvalue weighted by Gasteiger charge is -2.25. The number of ether oxygens (including phenoxy) is 3. The molecular formula is C27H38N4O4S2. The summed E-state index contributed by atoms with van der Waals surface area (Å²) in [5.74, 6) is 2.17. The number of thiophene rings is 1. The summed E-state index contributed by atoms with van der Waals surface area (Å²) >= 11 is 7.08. The van der Waals surface area contributed by atoms with Crippen LogP contribution in [0.25, 0.3) is 0 Å². The Labute approximate surface area is 229 Å². The van der Waals surface area contributed by atoms with Gasteiger partial charge in [-0.05, 0) is 69.0 Å². The van der Waals surface area contributed by atoms with Gasteiger partial charge in [0.05, 0.1) is 20.8 Å². The van der Waals surface area contributed by atoms with Crippen molar-refractivity contribution in [1.82, 2.24) is 15.5 Å². The molecule has 0 radical (unpaired) electrons. The second-order valence-corrected chi connectivity index (χ2v) is 10.2. The van der Waals surface area contributed by atoms with Gasteiger partial charge in [-0.1, -0.05) is 12.5 Å². The minimum absolute atomic E-state index is 0.0297. The number of thiocarbonyl (C=S) groups is 1. The first kappa shape index (κ1) is 28.7. The van der Waals surface area contributed by atoms with Crippen LogP contribution in [0.3, 0.4) is 0 Å². The molecule has 0 unspecified atom stereocenters. The SMILES string of the molecule is COc1ccc(NC(=S)NCCCC(=O)N/C=C\CCOc2csc(CN3CCCCC3)c2)cc1OC. The van der Waals surface area contributed by atoms with Gasteiger partial charge in [0.1, 0.15) is 5.75 Å². The van der Waals surface area contributed by atoms with Gasteiger partial charge < -0.3 is 30.2 Å². The molecule has 1 aliphatic heterocycles. The molecule has 0 bridgehead atoms. The molecule has 1 aromatic carbocycles. The van der Waals surface area contributed by atoms with Crippen LogP contribution in [0.15, 0.2) is 41.9 Å². The molecule has 0 atom stereocenters. The molecule has 2 heterocycles. The number of rotatable bonds is 14. The number of piperidine rings is 1. The third-order valence-electron chi connectivity index (χ3n) is 5.88. The minimum atomic E-state index is -0.0297. The first-order chi connectivity index (χ1) is 18.1. The maximum absolute atomic E-state index is 12.0. The topological polar surface area (TPSA) is 84.1 Å². The molecule has 3 N–H and O–H groups in total. The average molecular weight is 547 g/mol. The summed E-state index contributed by atoms with van der Waals surface area (Å²) in [6.45, 7) is 4.60. The van der Waals surface area contributed by atoms with Crippen molar-refractivity contribution in [1.29, 1.82) is 0 Å². The molecule has 0 saturated carbocycles. The second-order valence-electron chi connectivity index (χ2n) is 8.75. The van der Waals surface area contributed by atoms with Gasteiger partial charge in [-0.3, -0.25) is 9.69 Å². The van der Waals surface area contributed by atoms with Crippen LogP contribution in [0.4, 0.5) is 5.69 Å². The van der Waals surface area contributed by atoms with Crippen LogP contribution in [-0.2, 0) is 11.3 Å². The number of anilines is 1. The van der Waals surface area contributed by atoms with E-state index in [1.807, 2.05) is 24.3 Å². The lowest BCUT2D eigenvalue weighted by Crippen LogP contribution is -2.30. The molecule has 37 heavy (non-hydrogen) atoms. The first-order valence-electron chi connectivity index (χ1n) is 12.7. The van der Waals surface area contributed by atoms with E-state index in [4.69, 9.17) is 26.4 Å². The Bertz CT molecular complexity index is 1020. The van der Waals surface area contributed by atoms with Gasteiger partial charge in [-0.25, -0.2) is 0 Å². The molecule has 1 saturated heterocycles. The van der Waals surface area contributed by atoms with E-state index in [2.05, 4.69) is 32.3 Å². The number of carbonyl (C=O) groups excluding carboxylic acids is 1. The zero-order chi connectivity index (χ0) is 26.3. The van der Waals surface area contributed by atoms with Crippen molar-refractivity contribution in [2.24, 2.45) is 0 Å². The van der Waals surface area contributed by atoms with Crippen LogP contribution in [-0.4, -0.2) is 56.4 Å². The Kier molecular flexibility index (Phi) is 12.5. The van der Waals surface area contributed by atoms with E-state index in [9.17, 15) is 4.79 Å². The predicted molar refractivity (Wildman–Crippen MR) is 154 cm³/mol. The third kappa shape index (κ3) is 10.6. The Morgan fingerprint density at radius 2 is 1.95 bits per heavy atom. The van der Waals surface area contributed by atoms with Gasteiger partial charge in [0.25, 0.3) is 0 Å². The van der Waals surface area contributed by atoms with Crippen molar-refractivity contribution in [2.45, 2.75) is 45.1 Å².